The smallest absolute Gasteiger partial charge is 0.0540 e. The molecule has 0 spiro atoms. The van der Waals surface area contributed by atoms with E-state index in [0.29, 0.717) is 0 Å². The van der Waals surface area contributed by atoms with Gasteiger partial charge in [0.25, 0.3) is 0 Å². The third kappa shape index (κ3) is 9.84. The van der Waals surface area contributed by atoms with E-state index in [4.69, 9.17) is 5.11 Å². The van der Waals surface area contributed by atoms with Gasteiger partial charge in [-0.15, -0.1) is 0 Å². The van der Waals surface area contributed by atoms with Crippen molar-refractivity contribution in [2.75, 3.05) is 0 Å². The molecule has 2 heteroatoms. The zero-order valence-corrected chi connectivity index (χ0v) is 8.71. The minimum atomic E-state index is -0.197. The number of rotatable bonds is 8. The second-order valence-electron chi connectivity index (χ2n) is 3.78. The van der Waals surface area contributed by atoms with Gasteiger partial charge < -0.3 is 10.2 Å². The first-order valence-electron chi connectivity index (χ1n) is 5.32. The SMILES string of the molecule is [CH2]CCCC(O)CCCCC(C)O. The van der Waals surface area contributed by atoms with Crippen LogP contribution in [0.15, 0.2) is 0 Å². The molecule has 0 aromatic rings. The van der Waals surface area contributed by atoms with Crippen molar-refractivity contribution in [2.24, 2.45) is 0 Å². The summed E-state index contributed by atoms with van der Waals surface area (Å²) in [4.78, 5) is 0. The fourth-order valence-electron chi connectivity index (χ4n) is 1.34. The molecule has 0 heterocycles. The van der Waals surface area contributed by atoms with Crippen molar-refractivity contribution in [1.29, 1.82) is 0 Å². The van der Waals surface area contributed by atoms with Gasteiger partial charge in [-0.3, -0.25) is 0 Å². The van der Waals surface area contributed by atoms with Crippen molar-refractivity contribution in [3.05, 3.63) is 6.92 Å². The van der Waals surface area contributed by atoms with E-state index < -0.39 is 0 Å². The maximum Gasteiger partial charge on any atom is 0.0540 e. The van der Waals surface area contributed by atoms with E-state index in [9.17, 15) is 5.11 Å². The van der Waals surface area contributed by atoms with Crippen molar-refractivity contribution >= 4 is 0 Å². The minimum Gasteiger partial charge on any atom is -0.393 e. The highest BCUT2D eigenvalue weighted by Gasteiger charge is 2.03. The molecule has 0 saturated carbocycles. The molecule has 2 N–H and O–H groups in total. The normalized spacial score (nSPS) is 15.7. The van der Waals surface area contributed by atoms with Gasteiger partial charge in [0, 0.05) is 0 Å². The van der Waals surface area contributed by atoms with Gasteiger partial charge in [0.05, 0.1) is 12.2 Å². The van der Waals surface area contributed by atoms with Crippen molar-refractivity contribution in [2.45, 2.75) is 64.1 Å². The third-order valence-electron chi connectivity index (χ3n) is 2.20. The summed E-state index contributed by atoms with van der Waals surface area (Å²) in [5.41, 5.74) is 0. The van der Waals surface area contributed by atoms with Crippen LogP contribution in [0.1, 0.15) is 51.9 Å². The first kappa shape index (κ1) is 12.9. The Morgan fingerprint density at radius 2 is 1.54 bits per heavy atom. The van der Waals surface area contributed by atoms with Crippen LogP contribution in [0.4, 0.5) is 0 Å². The van der Waals surface area contributed by atoms with Gasteiger partial charge in [0.1, 0.15) is 0 Å². The van der Waals surface area contributed by atoms with Gasteiger partial charge >= 0.3 is 0 Å². The van der Waals surface area contributed by atoms with Gasteiger partial charge in [-0.25, -0.2) is 0 Å². The van der Waals surface area contributed by atoms with Gasteiger partial charge in [-0.05, 0) is 26.2 Å². The lowest BCUT2D eigenvalue weighted by Crippen LogP contribution is -2.06. The molecule has 13 heavy (non-hydrogen) atoms. The van der Waals surface area contributed by atoms with E-state index in [-0.39, 0.29) is 12.2 Å². The summed E-state index contributed by atoms with van der Waals surface area (Å²) in [6, 6.07) is 0. The van der Waals surface area contributed by atoms with E-state index in [1.165, 1.54) is 0 Å². The molecule has 0 aromatic heterocycles. The highest BCUT2D eigenvalue weighted by Crippen LogP contribution is 2.10. The van der Waals surface area contributed by atoms with Gasteiger partial charge in [0.2, 0.25) is 0 Å². The Hall–Kier alpha value is -0.0800. The topological polar surface area (TPSA) is 40.5 Å². The highest BCUT2D eigenvalue weighted by molar-refractivity contribution is 4.58. The van der Waals surface area contributed by atoms with Gasteiger partial charge in [-0.1, -0.05) is 32.6 Å². The quantitative estimate of drug-likeness (QED) is 0.572. The molecule has 0 fully saturated rings. The Morgan fingerprint density at radius 3 is 2.08 bits per heavy atom. The second kappa shape index (κ2) is 8.52. The summed E-state index contributed by atoms with van der Waals surface area (Å²) in [5.74, 6) is 0. The zero-order valence-electron chi connectivity index (χ0n) is 8.71. The molecule has 2 nitrogen and oxygen atoms in total. The van der Waals surface area contributed by atoms with E-state index in [1.54, 1.807) is 6.92 Å². The molecule has 2 unspecified atom stereocenters. The molecule has 0 aromatic carbocycles. The van der Waals surface area contributed by atoms with Crippen LogP contribution in [0.3, 0.4) is 0 Å². The van der Waals surface area contributed by atoms with E-state index in [2.05, 4.69) is 6.92 Å². The van der Waals surface area contributed by atoms with Crippen molar-refractivity contribution in [3.63, 3.8) is 0 Å². The number of unbranched alkanes of at least 4 members (excludes halogenated alkanes) is 2. The lowest BCUT2D eigenvalue weighted by atomic mass is 10.0. The van der Waals surface area contributed by atoms with Crippen LogP contribution in [-0.2, 0) is 0 Å². The van der Waals surface area contributed by atoms with Crippen molar-refractivity contribution in [1.82, 2.24) is 0 Å². The fraction of sp³-hybridized carbons (Fsp3) is 0.909. The fourth-order valence-corrected chi connectivity index (χ4v) is 1.34. The summed E-state index contributed by atoms with van der Waals surface area (Å²) in [7, 11) is 0. The molecule has 0 aliphatic carbocycles. The zero-order chi connectivity index (χ0) is 10.1. The van der Waals surface area contributed by atoms with Crippen LogP contribution in [0.2, 0.25) is 0 Å². The molecule has 0 amide bonds. The average Bonchev–Trinajstić information content (AvgIpc) is 2.08. The average molecular weight is 187 g/mol. The summed E-state index contributed by atoms with van der Waals surface area (Å²) in [6.07, 6.45) is 6.19. The lowest BCUT2D eigenvalue weighted by Gasteiger charge is -2.09. The third-order valence-corrected chi connectivity index (χ3v) is 2.20. The molecule has 2 atom stereocenters. The predicted molar refractivity (Wildman–Crippen MR) is 55.4 cm³/mol. The molecule has 1 radical (unpaired) electrons. The summed E-state index contributed by atoms with van der Waals surface area (Å²) >= 11 is 0. The highest BCUT2D eigenvalue weighted by atomic mass is 16.3. The minimum absolute atomic E-state index is 0.157. The van der Waals surface area contributed by atoms with Crippen LogP contribution < -0.4 is 0 Å². The standard InChI is InChI=1S/C11H23O2/c1-3-4-8-11(13)9-6-5-7-10(2)12/h10-13H,1,3-9H2,2H3. The van der Waals surface area contributed by atoms with Gasteiger partial charge in [0.15, 0.2) is 0 Å². The molecule has 0 bridgehead atoms. The maximum atomic E-state index is 9.46. The van der Waals surface area contributed by atoms with Crippen LogP contribution in [0.5, 0.6) is 0 Å². The van der Waals surface area contributed by atoms with E-state index in [1.807, 2.05) is 0 Å². The van der Waals surface area contributed by atoms with Crippen LogP contribution in [0.25, 0.3) is 0 Å². The number of aliphatic hydroxyl groups excluding tert-OH is 2. The Kier molecular flexibility index (Phi) is 8.46. The molecule has 79 valence electrons. The summed E-state index contributed by atoms with van der Waals surface area (Å²) in [6.45, 7) is 5.54. The predicted octanol–water partition coefficient (Wildman–Crippen LogP) is 2.29. The number of hydrogen-bond donors (Lipinski definition) is 2. The lowest BCUT2D eigenvalue weighted by molar-refractivity contribution is 0.142. The Morgan fingerprint density at radius 1 is 1.00 bits per heavy atom. The Bertz CT molecular complexity index is 102. The molecule has 0 aliphatic rings. The number of aliphatic hydroxyl groups is 2. The van der Waals surface area contributed by atoms with E-state index >= 15 is 0 Å². The largest absolute Gasteiger partial charge is 0.393 e. The van der Waals surface area contributed by atoms with Crippen LogP contribution >= 0.6 is 0 Å². The molecule has 0 aliphatic heterocycles. The first-order valence-corrected chi connectivity index (χ1v) is 5.32. The summed E-state index contributed by atoms with van der Waals surface area (Å²) in [5, 5.41) is 18.4. The monoisotopic (exact) mass is 187 g/mol. The van der Waals surface area contributed by atoms with Crippen LogP contribution in [0, 0.1) is 6.92 Å². The maximum absolute atomic E-state index is 9.46. The number of hydrogen-bond acceptors (Lipinski definition) is 2. The molecule has 0 saturated heterocycles. The summed E-state index contributed by atoms with van der Waals surface area (Å²) < 4.78 is 0. The van der Waals surface area contributed by atoms with Gasteiger partial charge in [-0.2, -0.15) is 0 Å². The first-order chi connectivity index (χ1) is 6.16. The van der Waals surface area contributed by atoms with Crippen LogP contribution in [-0.4, -0.2) is 22.4 Å². The van der Waals surface area contributed by atoms with Crippen molar-refractivity contribution in [3.8, 4) is 0 Å². The molecular formula is C11H23O2. The Labute approximate surface area is 82.0 Å². The molecular weight excluding hydrogens is 164 g/mol. The van der Waals surface area contributed by atoms with Crippen molar-refractivity contribution < 1.29 is 10.2 Å². The van der Waals surface area contributed by atoms with E-state index in [0.717, 1.165) is 44.9 Å². The second-order valence-corrected chi connectivity index (χ2v) is 3.78. The molecule has 0 rings (SSSR count). The Balaban J connectivity index is 3.12.